The second kappa shape index (κ2) is 13.5. The molecule has 0 spiro atoms. The van der Waals surface area contributed by atoms with Gasteiger partial charge in [0.15, 0.2) is 0 Å². The van der Waals surface area contributed by atoms with Crippen molar-refractivity contribution in [1.82, 2.24) is 0 Å². The normalized spacial score (nSPS) is 10.4. The molecule has 0 radical (unpaired) electrons. The fourth-order valence-corrected chi connectivity index (χ4v) is 0. The third-order valence-electron chi connectivity index (χ3n) is 0. The topological polar surface area (TPSA) is 236 Å². The standard InChI is InChI=1S/K.3H3O4P.H2Se/c;3*1-5(2,3)4;/h;3*(H3,1,2,3,4);1H2/q+1;;;;/p-1. The Bertz CT molecular complexity index is 208. The zero-order chi connectivity index (χ0) is 13.5. The molecule has 0 unspecified atom stereocenters. The zero-order valence-electron chi connectivity index (χ0n) is 8.05. The summed E-state index contributed by atoms with van der Waals surface area (Å²) in [6, 6.07) is 0. The first-order valence-corrected chi connectivity index (χ1v) is 6.99. The van der Waals surface area contributed by atoms with Crippen LogP contribution in [0, 0.1) is 0 Å². The quantitative estimate of drug-likeness (QED) is 0.137. The van der Waals surface area contributed by atoms with Crippen molar-refractivity contribution in [2.45, 2.75) is 0 Å². The van der Waals surface area contributed by atoms with Crippen molar-refractivity contribution >= 4 is 40.5 Å². The maximum absolute atomic E-state index is 8.88. The fraction of sp³-hybridized carbons (Fsp3) is 0. The van der Waals surface area contributed by atoms with E-state index in [-0.39, 0.29) is 68.5 Å². The third kappa shape index (κ3) is 813. The molecule has 0 saturated carbocycles. The molecular formula is H10KO12P3Se. The van der Waals surface area contributed by atoms with E-state index in [0.29, 0.717) is 0 Å². The van der Waals surface area contributed by atoms with Crippen LogP contribution in [0.5, 0.6) is 0 Å². The predicted molar refractivity (Wildman–Crippen MR) is 49.1 cm³/mol. The molecule has 0 aromatic carbocycles. The summed E-state index contributed by atoms with van der Waals surface area (Å²) in [5, 5.41) is 0. The van der Waals surface area contributed by atoms with Gasteiger partial charge in [-0.1, -0.05) is 0 Å². The Morgan fingerprint density at radius 3 is 0.647 bits per heavy atom. The molecule has 0 fully saturated rings. The number of hydrogen-bond acceptors (Lipinski definition) is 4. The minimum atomic E-state index is -4.89. The first-order chi connectivity index (χ1) is 6.00. The molecule has 104 valence electrons. The summed E-state index contributed by atoms with van der Waals surface area (Å²) < 4.78 is 26.5. The predicted octanol–water partition coefficient (Wildman–Crippen LogP) is -7.33. The van der Waals surface area contributed by atoms with E-state index in [1.807, 2.05) is 0 Å². The molecule has 0 aromatic rings. The van der Waals surface area contributed by atoms with Gasteiger partial charge in [0.25, 0.3) is 7.82 Å². The van der Waals surface area contributed by atoms with Crippen LogP contribution in [-0.2, 0) is 13.7 Å². The van der Waals surface area contributed by atoms with Crippen LogP contribution < -0.4 is 56.3 Å². The average Bonchev–Trinajstić information content (AvgIpc) is 1.41. The molecule has 12 nitrogen and oxygen atoms in total. The Balaban J connectivity index is -0.0000000400. The molecule has 0 heterocycles. The monoisotopic (exact) mass is 414 g/mol. The second-order valence-corrected chi connectivity index (χ2v) is 4.55. The Labute approximate surface area is 148 Å². The van der Waals surface area contributed by atoms with Crippen molar-refractivity contribution in [2.75, 3.05) is 0 Å². The first-order valence-electron chi connectivity index (χ1n) is 2.33. The SMILES string of the molecule is O=P(O)(O)O.O=P(O)(O)O.O=P([O-])(O)O.[K+].[SeH2]. The van der Waals surface area contributed by atoms with Crippen molar-refractivity contribution in [3.8, 4) is 0 Å². The van der Waals surface area contributed by atoms with E-state index >= 15 is 0 Å². The van der Waals surface area contributed by atoms with E-state index in [1.165, 1.54) is 0 Å². The minimum absolute atomic E-state index is 0. The molecule has 8 N–H and O–H groups in total. The molecule has 17 heavy (non-hydrogen) atoms. The van der Waals surface area contributed by atoms with Crippen molar-refractivity contribution in [3.05, 3.63) is 0 Å². The summed E-state index contributed by atoms with van der Waals surface area (Å²) in [5.74, 6) is 0. The van der Waals surface area contributed by atoms with Crippen molar-refractivity contribution in [3.63, 3.8) is 0 Å². The Hall–Kier alpha value is 2.49. The second-order valence-electron chi connectivity index (χ2n) is 1.52. The van der Waals surface area contributed by atoms with Crippen LogP contribution in [0.25, 0.3) is 0 Å². The molecule has 0 aromatic heterocycles. The fourth-order valence-electron chi connectivity index (χ4n) is 0. The third-order valence-corrected chi connectivity index (χ3v) is 0. The van der Waals surface area contributed by atoms with Gasteiger partial charge >= 0.3 is 84.1 Å². The molecule has 0 saturated heterocycles. The van der Waals surface area contributed by atoms with Crippen LogP contribution in [0.15, 0.2) is 0 Å². The average molecular weight is 413 g/mol. The van der Waals surface area contributed by atoms with Gasteiger partial charge in [0.05, 0.1) is 0 Å². The van der Waals surface area contributed by atoms with E-state index in [4.69, 9.17) is 57.7 Å². The molecular weight excluding hydrogens is 403 g/mol. The Kier molecular flexibility index (Phi) is 25.1. The van der Waals surface area contributed by atoms with Gasteiger partial charge in [0, 0.05) is 0 Å². The van der Waals surface area contributed by atoms with E-state index < -0.39 is 23.5 Å². The first kappa shape index (κ1) is 31.7. The van der Waals surface area contributed by atoms with Crippen LogP contribution in [0.3, 0.4) is 0 Å². The van der Waals surface area contributed by atoms with Crippen LogP contribution in [0.1, 0.15) is 0 Å². The maximum atomic E-state index is 8.88. The summed E-state index contributed by atoms with van der Waals surface area (Å²) >= 11 is 0. The molecule has 0 rings (SSSR count). The van der Waals surface area contributed by atoms with Gasteiger partial charge in [-0.15, -0.1) is 0 Å². The molecule has 0 aliphatic heterocycles. The van der Waals surface area contributed by atoms with E-state index in [0.717, 1.165) is 0 Å². The van der Waals surface area contributed by atoms with Crippen LogP contribution in [0.4, 0.5) is 0 Å². The molecule has 0 bridgehead atoms. The van der Waals surface area contributed by atoms with E-state index in [9.17, 15) is 0 Å². The summed E-state index contributed by atoms with van der Waals surface area (Å²) in [6.45, 7) is 0. The number of rotatable bonds is 0. The molecule has 17 heteroatoms. The van der Waals surface area contributed by atoms with Crippen LogP contribution >= 0.6 is 23.5 Å². The zero-order valence-corrected chi connectivity index (χ0v) is 16.0. The Morgan fingerprint density at radius 2 is 0.647 bits per heavy atom. The van der Waals surface area contributed by atoms with Crippen molar-refractivity contribution < 1.29 is 109 Å². The van der Waals surface area contributed by atoms with Crippen LogP contribution in [-0.4, -0.2) is 56.2 Å². The summed E-state index contributed by atoms with van der Waals surface area (Å²) in [4.78, 5) is 66.0. The number of phosphoric acid groups is 3. The van der Waals surface area contributed by atoms with Gasteiger partial charge in [-0.05, 0) is 0 Å². The van der Waals surface area contributed by atoms with Gasteiger partial charge in [0.2, 0.25) is 0 Å². The van der Waals surface area contributed by atoms with Crippen LogP contribution in [0.2, 0.25) is 0 Å². The van der Waals surface area contributed by atoms with Gasteiger partial charge < -0.3 is 44.0 Å². The van der Waals surface area contributed by atoms with Gasteiger partial charge in [0.1, 0.15) is 0 Å². The summed E-state index contributed by atoms with van der Waals surface area (Å²) in [5.41, 5.74) is 0. The molecule has 0 atom stereocenters. The van der Waals surface area contributed by atoms with Crippen molar-refractivity contribution in [1.29, 1.82) is 0 Å². The van der Waals surface area contributed by atoms with Crippen molar-refractivity contribution in [2.24, 2.45) is 0 Å². The van der Waals surface area contributed by atoms with Gasteiger partial charge in [-0.2, -0.15) is 0 Å². The summed E-state index contributed by atoms with van der Waals surface area (Å²) in [6.07, 6.45) is 0. The molecule has 0 aliphatic carbocycles. The molecule has 0 aliphatic rings. The van der Waals surface area contributed by atoms with E-state index in [1.54, 1.807) is 0 Å². The Morgan fingerprint density at radius 1 is 0.647 bits per heavy atom. The van der Waals surface area contributed by atoms with E-state index in [2.05, 4.69) is 0 Å². The number of hydrogen-bond donors (Lipinski definition) is 8. The van der Waals surface area contributed by atoms with Gasteiger partial charge in [-0.3, -0.25) is 4.57 Å². The summed E-state index contributed by atoms with van der Waals surface area (Å²) in [7, 11) is -14.2. The molecule has 0 amide bonds. The van der Waals surface area contributed by atoms with Gasteiger partial charge in [-0.25, -0.2) is 9.13 Å².